The fourth-order valence-corrected chi connectivity index (χ4v) is 1.60. The number of rotatable bonds is 5. The molecule has 1 unspecified atom stereocenters. The van der Waals surface area contributed by atoms with Crippen LogP contribution in [0.4, 0.5) is 4.39 Å². The van der Waals surface area contributed by atoms with Gasteiger partial charge in [0.25, 0.3) is 0 Å². The molecule has 0 amide bonds. The van der Waals surface area contributed by atoms with E-state index in [1.807, 2.05) is 0 Å². The van der Waals surface area contributed by atoms with Gasteiger partial charge in [-0.3, -0.25) is 9.59 Å². The van der Waals surface area contributed by atoms with Crippen LogP contribution in [0.25, 0.3) is 0 Å². The number of Topliss-reactive ketones (excluding diaryl/α,β-unsaturated/α-hetero) is 1. The molecule has 1 rings (SSSR count). The number of carbonyl (C=O) groups excluding carboxylic acids is 1. The van der Waals surface area contributed by atoms with E-state index in [4.69, 9.17) is 16.7 Å². The van der Waals surface area contributed by atoms with Crippen molar-refractivity contribution in [2.45, 2.75) is 25.1 Å². The molecule has 17 heavy (non-hydrogen) atoms. The lowest BCUT2D eigenvalue weighted by molar-refractivity contribution is -0.137. The molecule has 0 spiro atoms. The van der Waals surface area contributed by atoms with Crippen LogP contribution in [0.2, 0.25) is 0 Å². The van der Waals surface area contributed by atoms with E-state index in [0.717, 1.165) is 0 Å². The number of ketones is 1. The lowest BCUT2D eigenvalue weighted by Crippen LogP contribution is -2.16. The number of benzene rings is 1. The van der Waals surface area contributed by atoms with Crippen LogP contribution in [0, 0.1) is 12.7 Å². The summed E-state index contributed by atoms with van der Waals surface area (Å²) >= 11 is 5.80. The standard InChI is InChI=1S/C12H12ClFO3/c1-7-6-8(2-4-10(7)14)12(17)9(13)3-5-11(15)16/h2,4,6,9H,3,5H2,1H3,(H,15,16). The molecule has 1 aromatic carbocycles. The van der Waals surface area contributed by atoms with Gasteiger partial charge in [-0.25, -0.2) is 4.39 Å². The Hall–Kier alpha value is -1.42. The highest BCUT2D eigenvalue weighted by Crippen LogP contribution is 2.16. The van der Waals surface area contributed by atoms with E-state index in [1.165, 1.54) is 18.2 Å². The van der Waals surface area contributed by atoms with Crippen molar-refractivity contribution in [2.75, 3.05) is 0 Å². The highest BCUT2D eigenvalue weighted by Gasteiger charge is 2.18. The smallest absolute Gasteiger partial charge is 0.303 e. The number of carboxylic acid groups (broad SMARTS) is 1. The predicted molar refractivity (Wildman–Crippen MR) is 62.0 cm³/mol. The Morgan fingerprint density at radius 3 is 2.65 bits per heavy atom. The van der Waals surface area contributed by atoms with E-state index >= 15 is 0 Å². The Bertz CT molecular complexity index is 445. The zero-order valence-electron chi connectivity index (χ0n) is 9.24. The van der Waals surface area contributed by atoms with Crippen LogP contribution < -0.4 is 0 Å². The highest BCUT2D eigenvalue weighted by molar-refractivity contribution is 6.34. The number of hydrogen-bond acceptors (Lipinski definition) is 2. The third-order valence-corrected chi connectivity index (χ3v) is 2.76. The monoisotopic (exact) mass is 258 g/mol. The van der Waals surface area contributed by atoms with Crippen molar-refractivity contribution < 1.29 is 19.1 Å². The number of carbonyl (C=O) groups is 2. The molecule has 0 heterocycles. The van der Waals surface area contributed by atoms with Crippen molar-refractivity contribution in [1.29, 1.82) is 0 Å². The van der Waals surface area contributed by atoms with E-state index < -0.39 is 17.2 Å². The summed E-state index contributed by atoms with van der Waals surface area (Å²) in [4.78, 5) is 22.1. The number of carboxylic acids is 1. The van der Waals surface area contributed by atoms with Crippen molar-refractivity contribution in [3.63, 3.8) is 0 Å². The van der Waals surface area contributed by atoms with Crippen LogP contribution in [-0.4, -0.2) is 22.2 Å². The van der Waals surface area contributed by atoms with E-state index in [1.54, 1.807) is 6.92 Å². The second-order valence-corrected chi connectivity index (χ2v) is 4.25. The van der Waals surface area contributed by atoms with Gasteiger partial charge in [-0.1, -0.05) is 0 Å². The summed E-state index contributed by atoms with van der Waals surface area (Å²) in [5.74, 6) is -1.77. The van der Waals surface area contributed by atoms with E-state index in [0.29, 0.717) is 11.1 Å². The van der Waals surface area contributed by atoms with Crippen LogP contribution in [0.5, 0.6) is 0 Å². The van der Waals surface area contributed by atoms with Gasteiger partial charge < -0.3 is 5.11 Å². The van der Waals surface area contributed by atoms with Gasteiger partial charge in [0.1, 0.15) is 5.82 Å². The molecule has 0 fully saturated rings. The molecule has 92 valence electrons. The lowest BCUT2D eigenvalue weighted by Gasteiger charge is -2.08. The minimum Gasteiger partial charge on any atom is -0.481 e. The molecular weight excluding hydrogens is 247 g/mol. The first kappa shape index (κ1) is 13.6. The Labute approximate surface area is 103 Å². The van der Waals surface area contributed by atoms with Gasteiger partial charge in [-0.15, -0.1) is 11.6 Å². The van der Waals surface area contributed by atoms with Crippen molar-refractivity contribution in [2.24, 2.45) is 0 Å². The van der Waals surface area contributed by atoms with Gasteiger partial charge in [0.2, 0.25) is 0 Å². The van der Waals surface area contributed by atoms with Crippen LogP contribution in [0.15, 0.2) is 18.2 Å². The highest BCUT2D eigenvalue weighted by atomic mass is 35.5. The minimum atomic E-state index is -1.00. The zero-order chi connectivity index (χ0) is 13.0. The molecule has 1 N–H and O–H groups in total. The second-order valence-electron chi connectivity index (χ2n) is 3.73. The topological polar surface area (TPSA) is 54.4 Å². The molecule has 0 saturated heterocycles. The second kappa shape index (κ2) is 5.77. The van der Waals surface area contributed by atoms with Gasteiger partial charge >= 0.3 is 5.97 Å². The van der Waals surface area contributed by atoms with E-state index in [2.05, 4.69) is 0 Å². The van der Waals surface area contributed by atoms with Crippen molar-refractivity contribution in [3.8, 4) is 0 Å². The molecule has 0 bridgehead atoms. The van der Waals surface area contributed by atoms with Crippen LogP contribution in [0.3, 0.4) is 0 Å². The maximum Gasteiger partial charge on any atom is 0.303 e. The fourth-order valence-electron chi connectivity index (χ4n) is 1.36. The van der Waals surface area contributed by atoms with Crippen LogP contribution >= 0.6 is 11.6 Å². The number of halogens is 2. The first-order valence-electron chi connectivity index (χ1n) is 5.08. The fraction of sp³-hybridized carbons (Fsp3) is 0.333. The zero-order valence-corrected chi connectivity index (χ0v) is 10.00. The SMILES string of the molecule is Cc1cc(C(=O)C(Cl)CCC(=O)O)ccc1F. The minimum absolute atomic E-state index is 0.0617. The van der Waals surface area contributed by atoms with Crippen molar-refractivity contribution in [1.82, 2.24) is 0 Å². The van der Waals surface area contributed by atoms with Gasteiger partial charge in [0, 0.05) is 12.0 Å². The van der Waals surface area contributed by atoms with Gasteiger partial charge in [0.15, 0.2) is 5.78 Å². The summed E-state index contributed by atoms with van der Waals surface area (Å²) in [5.41, 5.74) is 0.659. The first-order valence-corrected chi connectivity index (χ1v) is 5.51. The molecule has 1 aromatic rings. The number of aryl methyl sites for hydroxylation is 1. The molecule has 0 aliphatic carbocycles. The number of aliphatic carboxylic acids is 1. The van der Waals surface area contributed by atoms with Crippen LogP contribution in [-0.2, 0) is 4.79 Å². The molecule has 5 heteroatoms. The summed E-state index contributed by atoms with van der Waals surface area (Å²) < 4.78 is 13.0. The van der Waals surface area contributed by atoms with E-state index in [9.17, 15) is 14.0 Å². The predicted octanol–water partition coefficient (Wildman–Crippen LogP) is 2.79. The Kier molecular flexibility index (Phi) is 4.63. The maximum atomic E-state index is 13.0. The number of hydrogen-bond donors (Lipinski definition) is 1. The molecule has 0 aliphatic heterocycles. The molecule has 0 saturated carbocycles. The average Bonchev–Trinajstić information content (AvgIpc) is 2.28. The first-order chi connectivity index (χ1) is 7.91. The van der Waals surface area contributed by atoms with E-state index in [-0.39, 0.29) is 18.6 Å². The van der Waals surface area contributed by atoms with Gasteiger partial charge in [-0.2, -0.15) is 0 Å². The Balaban J connectivity index is 2.74. The summed E-state index contributed by atoms with van der Waals surface area (Å²) in [7, 11) is 0. The Morgan fingerprint density at radius 1 is 1.47 bits per heavy atom. The molecular formula is C12H12ClFO3. The molecule has 1 atom stereocenters. The molecule has 0 aromatic heterocycles. The average molecular weight is 259 g/mol. The third kappa shape index (κ3) is 3.82. The maximum absolute atomic E-state index is 13.0. The summed E-state index contributed by atoms with van der Waals surface area (Å²) in [5, 5.41) is 7.58. The molecule has 0 radical (unpaired) electrons. The van der Waals surface area contributed by atoms with Gasteiger partial charge in [0.05, 0.1) is 5.38 Å². The third-order valence-electron chi connectivity index (χ3n) is 2.34. The molecule has 0 aliphatic rings. The van der Waals surface area contributed by atoms with Crippen molar-refractivity contribution >= 4 is 23.4 Å². The molecule has 3 nitrogen and oxygen atoms in total. The van der Waals surface area contributed by atoms with Gasteiger partial charge in [-0.05, 0) is 37.1 Å². The summed E-state index contributed by atoms with van der Waals surface area (Å²) in [6, 6.07) is 3.96. The van der Waals surface area contributed by atoms with Crippen LogP contribution in [0.1, 0.15) is 28.8 Å². The Morgan fingerprint density at radius 2 is 2.12 bits per heavy atom. The normalized spacial score (nSPS) is 12.2. The summed E-state index contributed by atoms with van der Waals surface area (Å²) in [6.45, 7) is 1.55. The summed E-state index contributed by atoms with van der Waals surface area (Å²) in [6.07, 6.45) is -0.105. The number of alkyl halides is 1. The largest absolute Gasteiger partial charge is 0.481 e. The van der Waals surface area contributed by atoms with Crippen molar-refractivity contribution in [3.05, 3.63) is 35.1 Å². The lowest BCUT2D eigenvalue weighted by atomic mass is 10.0. The quantitative estimate of drug-likeness (QED) is 0.653.